The van der Waals surface area contributed by atoms with Crippen LogP contribution in [0.4, 0.5) is 19.4 Å². The molecule has 1 aromatic carbocycles. The third-order valence-corrected chi connectivity index (χ3v) is 6.80. The molecule has 4 heterocycles. The molecule has 206 valence electrons. The molecule has 2 aromatic heterocycles. The minimum Gasteiger partial charge on any atom is -0.410 e. The number of piperidine rings is 1. The lowest BCUT2D eigenvalue weighted by atomic mass is 9.94. The molecule has 2 aliphatic heterocycles. The molecule has 3 aromatic rings. The number of carbonyl (C=O) groups excluding carboxylic acids is 1. The average molecular weight is 545 g/mol. The van der Waals surface area contributed by atoms with Crippen molar-refractivity contribution in [3.8, 4) is 17.6 Å². The number of aromatic nitrogens is 4. The molecule has 0 radical (unpaired) electrons. The molecule has 4 atom stereocenters. The van der Waals surface area contributed by atoms with Gasteiger partial charge in [-0.3, -0.25) is 4.57 Å². The molecule has 2 fully saturated rings. The van der Waals surface area contributed by atoms with Crippen LogP contribution in [0, 0.1) is 29.4 Å². The molecule has 0 saturated carbocycles. The molecule has 0 bridgehead atoms. The zero-order valence-electron chi connectivity index (χ0n) is 20.6. The second-order valence-electron chi connectivity index (χ2n) is 9.37. The Morgan fingerprint density at radius 3 is 2.64 bits per heavy atom. The van der Waals surface area contributed by atoms with Gasteiger partial charge in [0, 0.05) is 25.6 Å². The van der Waals surface area contributed by atoms with Crippen LogP contribution in [0.15, 0.2) is 24.5 Å². The molecular weight excluding hydrogens is 518 g/mol. The van der Waals surface area contributed by atoms with Crippen LogP contribution in [0.5, 0.6) is 5.75 Å². The van der Waals surface area contributed by atoms with E-state index < -0.39 is 48.9 Å². The number of nitrogen functional groups attached to an aromatic ring is 1. The second kappa shape index (κ2) is 11.1. The van der Waals surface area contributed by atoms with Crippen molar-refractivity contribution in [2.45, 2.75) is 43.8 Å². The van der Waals surface area contributed by atoms with E-state index in [0.29, 0.717) is 32.4 Å². The number of aliphatic hydroxyl groups excluding tert-OH is 3. The van der Waals surface area contributed by atoms with E-state index in [0.717, 1.165) is 12.1 Å². The Bertz CT molecular complexity index is 1430. The van der Waals surface area contributed by atoms with Gasteiger partial charge in [-0.15, -0.1) is 0 Å². The van der Waals surface area contributed by atoms with Gasteiger partial charge in [0.25, 0.3) is 0 Å². The van der Waals surface area contributed by atoms with Crippen molar-refractivity contribution in [2.75, 3.05) is 25.4 Å². The maximum atomic E-state index is 13.3. The highest BCUT2D eigenvalue weighted by molar-refractivity contribution is 5.82. The Morgan fingerprint density at radius 1 is 1.18 bits per heavy atom. The van der Waals surface area contributed by atoms with Crippen LogP contribution in [0.1, 0.15) is 31.3 Å². The monoisotopic (exact) mass is 544 g/mol. The summed E-state index contributed by atoms with van der Waals surface area (Å²) in [5.74, 6) is 4.19. The number of hydrogen-bond acceptors (Lipinski definition) is 10. The smallest absolute Gasteiger partial charge is 0.410 e. The van der Waals surface area contributed by atoms with Gasteiger partial charge in [-0.2, -0.15) is 0 Å². The average Bonchev–Trinajstić information content (AvgIpc) is 3.47. The van der Waals surface area contributed by atoms with Crippen molar-refractivity contribution >= 4 is 23.1 Å². The van der Waals surface area contributed by atoms with E-state index in [4.69, 9.17) is 15.2 Å². The summed E-state index contributed by atoms with van der Waals surface area (Å²) < 4.78 is 38.5. The summed E-state index contributed by atoms with van der Waals surface area (Å²) in [6, 6.07) is 2.91. The number of nitrogens with zero attached hydrogens (tertiary/aromatic N) is 5. The number of aliphatic hydroxyl groups is 3. The van der Waals surface area contributed by atoms with Gasteiger partial charge in [-0.1, -0.05) is 5.92 Å². The Kier molecular flexibility index (Phi) is 7.58. The van der Waals surface area contributed by atoms with Crippen molar-refractivity contribution in [2.24, 2.45) is 5.92 Å². The minimum atomic E-state index is -1.31. The number of likely N-dealkylation sites (tertiary alicyclic amines) is 1. The first-order chi connectivity index (χ1) is 18.7. The van der Waals surface area contributed by atoms with Crippen molar-refractivity contribution in [1.29, 1.82) is 0 Å². The number of benzene rings is 1. The van der Waals surface area contributed by atoms with Gasteiger partial charge in [0.05, 0.1) is 12.9 Å². The number of ether oxygens (including phenoxy) is 2. The molecule has 12 nitrogen and oxygen atoms in total. The van der Waals surface area contributed by atoms with E-state index in [1.807, 2.05) is 0 Å². The van der Waals surface area contributed by atoms with Crippen LogP contribution < -0.4 is 10.5 Å². The van der Waals surface area contributed by atoms with Crippen LogP contribution >= 0.6 is 0 Å². The topological polar surface area (TPSA) is 169 Å². The maximum absolute atomic E-state index is 13.3. The molecule has 0 spiro atoms. The highest BCUT2D eigenvalue weighted by atomic mass is 19.2. The summed E-state index contributed by atoms with van der Waals surface area (Å²) in [6.07, 6.45) is -2.01. The number of halogens is 2. The molecule has 2 saturated heterocycles. The van der Waals surface area contributed by atoms with E-state index in [-0.39, 0.29) is 34.5 Å². The predicted octanol–water partition coefficient (Wildman–Crippen LogP) is 0.951. The van der Waals surface area contributed by atoms with Gasteiger partial charge in [0.15, 0.2) is 29.3 Å². The molecular formula is C25H26F2N6O6. The standard InChI is InChI=1S/C25H26F2N6O6/c26-15-5-4-14(10-16(15)27)38-25(37)32-8-6-13(7-9-32)2-1-3-18-30-22(28)19-23(31-18)33(12-29-19)24-21(36)20(35)17(11-34)39-24/h4-5,10,12-13,17,20-21,24,34-36H,2,6-9,11H2,(H2,28,30,31)/t17-,20+,21?,24-/m1/s1. The fourth-order valence-corrected chi connectivity index (χ4v) is 4.59. The molecule has 1 unspecified atom stereocenters. The van der Waals surface area contributed by atoms with Gasteiger partial charge in [0.1, 0.15) is 29.6 Å². The lowest BCUT2D eigenvalue weighted by Gasteiger charge is -2.30. The third kappa shape index (κ3) is 5.48. The van der Waals surface area contributed by atoms with E-state index >= 15 is 0 Å². The number of nitrogens with two attached hydrogens (primary N) is 1. The predicted molar refractivity (Wildman–Crippen MR) is 131 cm³/mol. The van der Waals surface area contributed by atoms with Crippen molar-refractivity contribution in [1.82, 2.24) is 24.4 Å². The highest BCUT2D eigenvalue weighted by Gasteiger charge is 2.44. The Labute approximate surface area is 221 Å². The molecule has 14 heteroatoms. The Morgan fingerprint density at radius 2 is 1.95 bits per heavy atom. The van der Waals surface area contributed by atoms with Gasteiger partial charge >= 0.3 is 6.09 Å². The van der Waals surface area contributed by atoms with Crippen LogP contribution in [0.25, 0.3) is 11.2 Å². The van der Waals surface area contributed by atoms with Crippen molar-refractivity contribution < 1.29 is 38.4 Å². The first kappa shape index (κ1) is 26.7. The number of hydrogen-bond donors (Lipinski definition) is 4. The number of amides is 1. The van der Waals surface area contributed by atoms with Crippen LogP contribution in [-0.2, 0) is 4.74 Å². The number of carbonyl (C=O) groups is 1. The summed E-state index contributed by atoms with van der Waals surface area (Å²) in [7, 11) is 0. The first-order valence-electron chi connectivity index (χ1n) is 12.3. The summed E-state index contributed by atoms with van der Waals surface area (Å²) >= 11 is 0. The number of fused-ring (bicyclic) bond motifs is 1. The van der Waals surface area contributed by atoms with Gasteiger partial charge in [0.2, 0.25) is 5.82 Å². The molecule has 1 amide bonds. The molecule has 5 N–H and O–H groups in total. The van der Waals surface area contributed by atoms with E-state index in [2.05, 4.69) is 26.8 Å². The van der Waals surface area contributed by atoms with Crippen LogP contribution in [-0.4, -0.2) is 83.8 Å². The molecule has 0 aliphatic carbocycles. The zero-order chi connectivity index (χ0) is 27.7. The van der Waals surface area contributed by atoms with Crippen molar-refractivity contribution in [3.05, 3.63) is 42.0 Å². The summed E-state index contributed by atoms with van der Waals surface area (Å²) in [6.45, 7) is 0.380. The van der Waals surface area contributed by atoms with E-state index in [9.17, 15) is 28.9 Å². The largest absolute Gasteiger partial charge is 0.415 e. The van der Waals surface area contributed by atoms with Crippen LogP contribution in [0.2, 0.25) is 0 Å². The lowest BCUT2D eigenvalue weighted by Crippen LogP contribution is -2.40. The highest BCUT2D eigenvalue weighted by Crippen LogP contribution is 2.32. The summed E-state index contributed by atoms with van der Waals surface area (Å²) in [5.41, 5.74) is 6.57. The maximum Gasteiger partial charge on any atom is 0.415 e. The van der Waals surface area contributed by atoms with E-state index in [1.165, 1.54) is 21.9 Å². The lowest BCUT2D eigenvalue weighted by molar-refractivity contribution is -0.0511. The quantitative estimate of drug-likeness (QED) is 0.347. The minimum absolute atomic E-state index is 0.0668. The second-order valence-corrected chi connectivity index (χ2v) is 9.37. The SMILES string of the molecule is Nc1nc(C#CCC2CCN(C(=O)Oc3ccc(F)c(F)c3)CC2)nc2c1ncn2[C@@H]1O[C@H](CO)[C@H](O)C1O. The number of rotatable bonds is 4. The summed E-state index contributed by atoms with van der Waals surface area (Å²) in [5, 5.41) is 29.8. The van der Waals surface area contributed by atoms with Gasteiger partial charge in [-0.25, -0.2) is 28.5 Å². The normalized spacial score (nSPS) is 23.6. The van der Waals surface area contributed by atoms with Gasteiger partial charge < -0.3 is 35.4 Å². The molecule has 5 rings (SSSR count). The molecule has 39 heavy (non-hydrogen) atoms. The first-order valence-corrected chi connectivity index (χ1v) is 12.3. The Hall–Kier alpha value is -3.90. The molecule has 2 aliphatic rings. The third-order valence-electron chi connectivity index (χ3n) is 6.80. The van der Waals surface area contributed by atoms with E-state index in [1.54, 1.807) is 0 Å². The van der Waals surface area contributed by atoms with Crippen molar-refractivity contribution in [3.63, 3.8) is 0 Å². The fourth-order valence-electron chi connectivity index (χ4n) is 4.59. The zero-order valence-corrected chi connectivity index (χ0v) is 20.6. The fraction of sp³-hybridized carbons (Fsp3) is 0.440. The number of imidazole rings is 1. The summed E-state index contributed by atoms with van der Waals surface area (Å²) in [4.78, 5) is 26.6. The number of anilines is 1. The Balaban J connectivity index is 1.20. The van der Waals surface area contributed by atoms with Crippen LogP contribution in [0.3, 0.4) is 0 Å². The van der Waals surface area contributed by atoms with Gasteiger partial charge in [-0.05, 0) is 36.8 Å².